The molecule has 9 amide bonds. The Balaban J connectivity index is 1.31. The number of benzene rings is 2. The normalized spacial score (nSPS) is 27.4. The van der Waals surface area contributed by atoms with Crippen molar-refractivity contribution in [3.63, 3.8) is 0 Å². The second-order valence-electron chi connectivity index (χ2n) is 21.3. The van der Waals surface area contributed by atoms with E-state index in [-0.39, 0.29) is 32.4 Å². The number of fused-ring (bicyclic) bond motifs is 4. The van der Waals surface area contributed by atoms with E-state index in [4.69, 9.17) is 10.5 Å². The summed E-state index contributed by atoms with van der Waals surface area (Å²) in [5.41, 5.74) is 7.56. The third-order valence-corrected chi connectivity index (χ3v) is 15.1. The van der Waals surface area contributed by atoms with E-state index in [0.717, 1.165) is 16.7 Å². The molecule has 0 saturated carbocycles. The molecular formula is C55H72N12O15. The van der Waals surface area contributed by atoms with Crippen molar-refractivity contribution < 1.29 is 73.1 Å². The third kappa shape index (κ3) is 13.7. The van der Waals surface area contributed by atoms with Crippen LogP contribution in [0.1, 0.15) is 77.8 Å². The summed E-state index contributed by atoms with van der Waals surface area (Å²) < 4.78 is 5.75. The molecule has 7 rings (SSSR count). The highest BCUT2D eigenvalue weighted by Crippen LogP contribution is 2.30. The second kappa shape index (κ2) is 26.6. The average molecular weight is 1140 g/mol. The lowest BCUT2D eigenvalue weighted by molar-refractivity contribution is -0.161. The first-order valence-corrected chi connectivity index (χ1v) is 27.1. The molecular weight excluding hydrogens is 1070 g/mol. The zero-order valence-electron chi connectivity index (χ0n) is 46.1. The number of cyclic esters (lactones) is 1. The molecule has 2 aromatic heterocycles. The van der Waals surface area contributed by atoms with E-state index < -0.39 is 163 Å². The topological polar surface area (TPSA) is 409 Å². The first kappa shape index (κ1) is 61.4. The lowest BCUT2D eigenvalue weighted by Gasteiger charge is -2.34. The fraction of sp³-hybridized carbons (Fsp3) is 0.491. The van der Waals surface area contributed by atoms with Crippen LogP contribution in [-0.4, -0.2) is 198 Å². The molecule has 82 heavy (non-hydrogen) atoms. The molecule has 27 heteroatoms. The van der Waals surface area contributed by atoms with Gasteiger partial charge in [-0.1, -0.05) is 57.2 Å². The number of H-pyrrole nitrogens is 2. The van der Waals surface area contributed by atoms with Crippen LogP contribution in [0.2, 0.25) is 0 Å². The van der Waals surface area contributed by atoms with E-state index in [2.05, 4.69) is 47.2 Å². The van der Waals surface area contributed by atoms with Gasteiger partial charge in [-0.2, -0.15) is 0 Å². The SMILES string of the molecule is CC1NC(=O)C(C(C)O)NC(=O)C(NC(=O)C(N)CO)C(C)OC(=O)C2CCCN2C(=O)C(C(O)C(C)C)NC(=O)C(C(C)c2c[nH]c3ccccc23)NC(=O)C(=Cc2c[nH]c3ccccc23)NC(=O)C2C(O)CCN2C(=O)CNC1=O. The monoisotopic (exact) mass is 1140 g/mol. The number of amides is 9. The Morgan fingerprint density at radius 2 is 1.40 bits per heavy atom. The molecule has 0 radical (unpaired) electrons. The number of hydrogen-bond donors (Lipinski definition) is 14. The molecule has 0 spiro atoms. The molecule has 0 bridgehead atoms. The molecule has 3 aliphatic heterocycles. The number of hydrogen-bond acceptors (Lipinski definition) is 16. The Bertz CT molecular complexity index is 3100. The van der Waals surface area contributed by atoms with E-state index in [1.807, 2.05) is 0 Å². The standard InChI is InChI=1S/C55H72N12O15/c1-25(2)46(72)44-54(80)66-18-11-16-38(66)55(81)82-29(6)43(64-48(74)34(56)24-68)52(78)63-42(28(5)69)51(77)60-27(4)47(73)59-23-40(71)67-19-17-39(70)45(67)53(79)61-37(20-30-21-57-35-14-9-7-12-31(30)35)49(75)62-41(50(76)65-44)26(3)33-22-58-36-15-10-8-13-32(33)36/h7-10,12-15,20-22,25-29,34,38-39,41-46,57-58,68-70,72H,11,16-19,23-24,56H2,1-6H3,(H,59,73)(H,60,77)(H,61,79)(H,62,75)(H,63,78)(H,64,74)(H,65,76). The van der Waals surface area contributed by atoms with Crippen molar-refractivity contribution in [1.82, 2.24) is 57.0 Å². The summed E-state index contributed by atoms with van der Waals surface area (Å²) in [6.07, 6.45) is -1.78. The van der Waals surface area contributed by atoms with E-state index in [9.17, 15) is 58.8 Å². The van der Waals surface area contributed by atoms with Gasteiger partial charge in [0.15, 0.2) is 0 Å². The van der Waals surface area contributed by atoms with Crippen molar-refractivity contribution in [3.05, 3.63) is 77.7 Å². The number of nitrogens with one attached hydrogen (secondary N) is 9. The quantitative estimate of drug-likeness (QED) is 0.0590. The fourth-order valence-corrected chi connectivity index (χ4v) is 10.3. The minimum absolute atomic E-state index is 0.0122. The maximum Gasteiger partial charge on any atom is 0.329 e. The van der Waals surface area contributed by atoms with Gasteiger partial charge in [0.25, 0.3) is 5.91 Å². The van der Waals surface area contributed by atoms with Crippen LogP contribution < -0.4 is 43.0 Å². The molecule has 3 aliphatic rings. The minimum atomic E-state index is -1.89. The van der Waals surface area contributed by atoms with Gasteiger partial charge in [0.05, 0.1) is 31.5 Å². The number of para-hydroxylation sites is 2. The van der Waals surface area contributed by atoms with Gasteiger partial charge in [-0.15, -0.1) is 0 Å². The van der Waals surface area contributed by atoms with Crippen molar-refractivity contribution in [2.75, 3.05) is 26.2 Å². The minimum Gasteiger partial charge on any atom is -0.458 e. The molecule has 15 N–H and O–H groups in total. The molecule has 0 aliphatic carbocycles. The first-order chi connectivity index (χ1) is 38.9. The molecule has 5 heterocycles. The maximum absolute atomic E-state index is 15.2. The Kier molecular flexibility index (Phi) is 19.9. The predicted molar refractivity (Wildman–Crippen MR) is 293 cm³/mol. The lowest BCUT2D eigenvalue weighted by atomic mass is 9.91. The van der Waals surface area contributed by atoms with Crippen molar-refractivity contribution in [2.45, 2.75) is 139 Å². The number of aromatic nitrogens is 2. The Morgan fingerprint density at radius 3 is 2.07 bits per heavy atom. The zero-order valence-corrected chi connectivity index (χ0v) is 46.1. The van der Waals surface area contributed by atoms with Crippen LogP contribution in [0.4, 0.5) is 0 Å². The summed E-state index contributed by atoms with van der Waals surface area (Å²) >= 11 is 0. The number of aliphatic hydroxyl groups excluding tert-OH is 4. The number of nitrogens with two attached hydrogens (primary N) is 1. The Morgan fingerprint density at radius 1 is 0.768 bits per heavy atom. The number of nitrogens with zero attached hydrogens (tertiary/aromatic N) is 2. The van der Waals surface area contributed by atoms with Crippen LogP contribution >= 0.6 is 0 Å². The highest BCUT2D eigenvalue weighted by molar-refractivity contribution is 6.07. The summed E-state index contributed by atoms with van der Waals surface area (Å²) in [6.45, 7) is 6.42. The Hall–Kier alpha value is -8.24. The molecule has 13 atom stereocenters. The second-order valence-corrected chi connectivity index (χ2v) is 21.3. The van der Waals surface area contributed by atoms with Gasteiger partial charge in [0, 0.05) is 58.8 Å². The largest absolute Gasteiger partial charge is 0.458 e. The van der Waals surface area contributed by atoms with Gasteiger partial charge in [-0.05, 0) is 69.7 Å². The zero-order chi connectivity index (χ0) is 59.9. The van der Waals surface area contributed by atoms with Gasteiger partial charge in [0.1, 0.15) is 60.1 Å². The molecule has 27 nitrogen and oxygen atoms in total. The van der Waals surface area contributed by atoms with E-state index in [0.29, 0.717) is 32.9 Å². The molecule has 3 saturated heterocycles. The maximum atomic E-state index is 15.2. The van der Waals surface area contributed by atoms with Gasteiger partial charge < -0.3 is 87.9 Å². The highest BCUT2D eigenvalue weighted by atomic mass is 16.5. The van der Waals surface area contributed by atoms with Crippen LogP contribution in [0.15, 0.2) is 66.6 Å². The number of carbonyl (C=O) groups excluding carboxylic acids is 10. The van der Waals surface area contributed by atoms with Crippen molar-refractivity contribution in [2.24, 2.45) is 11.7 Å². The van der Waals surface area contributed by atoms with Crippen LogP contribution in [-0.2, 0) is 52.7 Å². The average Bonchev–Trinajstić information content (AvgIpc) is 4.31. The van der Waals surface area contributed by atoms with Crippen molar-refractivity contribution in [3.8, 4) is 0 Å². The summed E-state index contributed by atoms with van der Waals surface area (Å²) in [5.74, 6) is -12.0. The number of carbonyl (C=O) groups is 10. The summed E-state index contributed by atoms with van der Waals surface area (Å²) in [7, 11) is 0. The van der Waals surface area contributed by atoms with Crippen LogP contribution in [0.25, 0.3) is 27.9 Å². The van der Waals surface area contributed by atoms with E-state index in [1.54, 1.807) is 81.7 Å². The van der Waals surface area contributed by atoms with Gasteiger partial charge in [0.2, 0.25) is 47.3 Å². The number of aromatic amines is 2. The predicted octanol–water partition coefficient (Wildman–Crippen LogP) is -2.91. The molecule has 3 fully saturated rings. The lowest BCUT2D eigenvalue weighted by Crippen LogP contribution is -2.63. The molecule has 442 valence electrons. The molecule has 2 aromatic carbocycles. The molecule has 4 aromatic rings. The smallest absolute Gasteiger partial charge is 0.329 e. The summed E-state index contributed by atoms with van der Waals surface area (Å²) in [6, 6.07) is 0.954. The Labute approximate surface area is 470 Å². The number of rotatable bonds is 9. The van der Waals surface area contributed by atoms with E-state index >= 15 is 9.59 Å². The summed E-state index contributed by atoms with van der Waals surface area (Å²) in [5, 5.41) is 62.0. The van der Waals surface area contributed by atoms with E-state index in [1.165, 1.54) is 19.9 Å². The van der Waals surface area contributed by atoms with Crippen molar-refractivity contribution in [1.29, 1.82) is 0 Å². The third-order valence-electron chi connectivity index (χ3n) is 15.1. The molecule has 13 unspecified atom stereocenters. The number of aliphatic hydroxyl groups is 4. The van der Waals surface area contributed by atoms with Crippen LogP contribution in [0.3, 0.4) is 0 Å². The first-order valence-electron chi connectivity index (χ1n) is 27.1. The number of ether oxygens (including phenoxy) is 1. The van der Waals surface area contributed by atoms with Crippen molar-refractivity contribution >= 4 is 87.0 Å². The van der Waals surface area contributed by atoms with Crippen LogP contribution in [0, 0.1) is 5.92 Å². The van der Waals surface area contributed by atoms with Gasteiger partial charge >= 0.3 is 5.97 Å². The highest BCUT2D eigenvalue weighted by Gasteiger charge is 2.46. The van der Waals surface area contributed by atoms with Crippen LogP contribution in [0.5, 0.6) is 0 Å². The fourth-order valence-electron chi connectivity index (χ4n) is 10.3. The number of esters is 1. The van der Waals surface area contributed by atoms with Gasteiger partial charge in [-0.25, -0.2) is 4.79 Å². The van der Waals surface area contributed by atoms with Gasteiger partial charge in [-0.3, -0.25) is 43.2 Å². The summed E-state index contributed by atoms with van der Waals surface area (Å²) in [4.78, 5) is 151.